The van der Waals surface area contributed by atoms with E-state index in [2.05, 4.69) is 20.1 Å². The highest BCUT2D eigenvalue weighted by Crippen LogP contribution is 2.18. The monoisotopic (exact) mass is 386 g/mol. The molecule has 0 amide bonds. The number of carbonyl (C=O) groups excluding carboxylic acids is 1. The minimum Gasteiger partial charge on any atom is -0.465 e. The Hall–Kier alpha value is -2.64. The summed E-state index contributed by atoms with van der Waals surface area (Å²) in [5, 5.41) is 1.17. The second-order valence-corrected chi connectivity index (χ2v) is 8.03. The van der Waals surface area contributed by atoms with Gasteiger partial charge in [0.25, 0.3) is 0 Å². The SMILES string of the molecule is COC(=O)c1ccc(S(=O)(=O)NCCCn2ccc3ccccc32)c(C)c1. The molecule has 142 valence electrons. The number of hydrogen-bond donors (Lipinski definition) is 1. The number of rotatable bonds is 7. The second kappa shape index (κ2) is 7.94. The van der Waals surface area contributed by atoms with Crippen molar-refractivity contribution in [2.75, 3.05) is 13.7 Å². The zero-order chi connectivity index (χ0) is 19.4. The molecule has 0 aliphatic heterocycles. The number of carbonyl (C=O) groups is 1. The van der Waals surface area contributed by atoms with Crippen LogP contribution in [-0.2, 0) is 21.3 Å². The molecule has 0 aliphatic carbocycles. The molecule has 1 heterocycles. The van der Waals surface area contributed by atoms with Crippen molar-refractivity contribution < 1.29 is 17.9 Å². The Morgan fingerprint density at radius 1 is 1.15 bits per heavy atom. The first-order valence-corrected chi connectivity index (χ1v) is 10.1. The Kier molecular flexibility index (Phi) is 5.62. The molecule has 0 bridgehead atoms. The van der Waals surface area contributed by atoms with Crippen LogP contribution in [0.25, 0.3) is 10.9 Å². The Morgan fingerprint density at radius 3 is 2.67 bits per heavy atom. The van der Waals surface area contributed by atoms with Crippen molar-refractivity contribution in [2.24, 2.45) is 0 Å². The van der Waals surface area contributed by atoms with Crippen LogP contribution >= 0.6 is 0 Å². The maximum atomic E-state index is 12.5. The number of benzene rings is 2. The molecule has 6 nitrogen and oxygen atoms in total. The molecule has 0 saturated heterocycles. The number of nitrogens with one attached hydrogen (secondary N) is 1. The van der Waals surface area contributed by atoms with E-state index in [1.165, 1.54) is 30.7 Å². The number of sulfonamides is 1. The van der Waals surface area contributed by atoms with Gasteiger partial charge in [0, 0.05) is 24.8 Å². The Balaban J connectivity index is 1.62. The Bertz CT molecular complexity index is 1070. The highest BCUT2D eigenvalue weighted by Gasteiger charge is 2.18. The van der Waals surface area contributed by atoms with Crippen LogP contribution in [0.3, 0.4) is 0 Å². The molecule has 1 aromatic heterocycles. The molecule has 7 heteroatoms. The summed E-state index contributed by atoms with van der Waals surface area (Å²) in [5.41, 5.74) is 1.96. The lowest BCUT2D eigenvalue weighted by Crippen LogP contribution is -2.26. The van der Waals surface area contributed by atoms with Gasteiger partial charge in [-0.25, -0.2) is 17.9 Å². The third-order valence-electron chi connectivity index (χ3n) is 4.43. The first-order valence-electron chi connectivity index (χ1n) is 8.65. The molecule has 2 aromatic carbocycles. The van der Waals surface area contributed by atoms with E-state index in [-0.39, 0.29) is 4.90 Å². The summed E-state index contributed by atoms with van der Waals surface area (Å²) >= 11 is 0. The summed E-state index contributed by atoms with van der Waals surface area (Å²) in [7, 11) is -2.35. The minimum atomic E-state index is -3.64. The van der Waals surface area contributed by atoms with Crippen LogP contribution in [0.15, 0.2) is 59.6 Å². The maximum absolute atomic E-state index is 12.5. The van der Waals surface area contributed by atoms with Crippen LogP contribution in [0.2, 0.25) is 0 Å². The van der Waals surface area contributed by atoms with Gasteiger partial charge >= 0.3 is 5.97 Å². The van der Waals surface area contributed by atoms with E-state index in [0.717, 1.165) is 12.1 Å². The topological polar surface area (TPSA) is 77.4 Å². The van der Waals surface area contributed by atoms with Crippen molar-refractivity contribution in [1.29, 1.82) is 0 Å². The van der Waals surface area contributed by atoms with Crippen LogP contribution in [0, 0.1) is 6.92 Å². The van der Waals surface area contributed by atoms with Crippen molar-refractivity contribution >= 4 is 26.9 Å². The van der Waals surface area contributed by atoms with Gasteiger partial charge in [-0.1, -0.05) is 18.2 Å². The number of aryl methyl sites for hydroxylation is 2. The lowest BCUT2D eigenvalue weighted by Gasteiger charge is -2.11. The van der Waals surface area contributed by atoms with Crippen molar-refractivity contribution in [3.63, 3.8) is 0 Å². The average Bonchev–Trinajstić information content (AvgIpc) is 3.07. The molecular weight excluding hydrogens is 364 g/mol. The first kappa shape index (κ1) is 19.1. The van der Waals surface area contributed by atoms with Crippen molar-refractivity contribution in [1.82, 2.24) is 9.29 Å². The number of methoxy groups -OCH3 is 1. The highest BCUT2D eigenvalue weighted by molar-refractivity contribution is 7.89. The molecule has 1 N–H and O–H groups in total. The molecule has 0 fully saturated rings. The zero-order valence-electron chi connectivity index (χ0n) is 15.3. The van der Waals surface area contributed by atoms with Gasteiger partial charge < -0.3 is 9.30 Å². The van der Waals surface area contributed by atoms with Crippen LogP contribution in [0.5, 0.6) is 0 Å². The Morgan fingerprint density at radius 2 is 1.93 bits per heavy atom. The van der Waals surface area contributed by atoms with E-state index in [9.17, 15) is 13.2 Å². The second-order valence-electron chi connectivity index (χ2n) is 6.29. The fraction of sp³-hybridized carbons (Fsp3) is 0.250. The van der Waals surface area contributed by atoms with Crippen LogP contribution in [0.1, 0.15) is 22.3 Å². The molecule has 0 unspecified atom stereocenters. The highest BCUT2D eigenvalue weighted by atomic mass is 32.2. The summed E-state index contributed by atoms with van der Waals surface area (Å²) < 4.78 is 34.5. The lowest BCUT2D eigenvalue weighted by molar-refractivity contribution is 0.0600. The molecule has 27 heavy (non-hydrogen) atoms. The van der Waals surface area contributed by atoms with Gasteiger partial charge in [0.05, 0.1) is 17.6 Å². The van der Waals surface area contributed by atoms with Gasteiger partial charge in [-0.3, -0.25) is 0 Å². The minimum absolute atomic E-state index is 0.168. The number of esters is 1. The summed E-state index contributed by atoms with van der Waals surface area (Å²) in [6.45, 7) is 2.70. The van der Waals surface area contributed by atoms with Gasteiger partial charge in [-0.15, -0.1) is 0 Å². The number of fused-ring (bicyclic) bond motifs is 1. The molecule has 3 rings (SSSR count). The van der Waals surface area contributed by atoms with Gasteiger partial charge in [0.2, 0.25) is 10.0 Å². The number of para-hydroxylation sites is 1. The third kappa shape index (κ3) is 4.20. The van der Waals surface area contributed by atoms with Gasteiger partial charge in [0.15, 0.2) is 0 Å². The van der Waals surface area contributed by atoms with E-state index >= 15 is 0 Å². The van der Waals surface area contributed by atoms with Gasteiger partial charge in [-0.05, 0) is 54.6 Å². The van der Waals surface area contributed by atoms with Gasteiger partial charge in [0.1, 0.15) is 0 Å². The van der Waals surface area contributed by atoms with E-state index in [1.807, 2.05) is 30.5 Å². The number of aromatic nitrogens is 1. The molecule has 0 atom stereocenters. The van der Waals surface area contributed by atoms with Crippen molar-refractivity contribution in [2.45, 2.75) is 24.8 Å². The third-order valence-corrected chi connectivity index (χ3v) is 6.05. The molecule has 0 spiro atoms. The lowest BCUT2D eigenvalue weighted by atomic mass is 10.1. The Labute approximate surface area is 158 Å². The molecule has 0 saturated carbocycles. The summed E-state index contributed by atoms with van der Waals surface area (Å²) in [6.07, 6.45) is 2.67. The number of ether oxygens (including phenoxy) is 1. The first-order chi connectivity index (χ1) is 12.9. The predicted molar refractivity (Wildman–Crippen MR) is 104 cm³/mol. The maximum Gasteiger partial charge on any atom is 0.337 e. The summed E-state index contributed by atoms with van der Waals surface area (Å²) in [4.78, 5) is 11.7. The number of hydrogen-bond acceptors (Lipinski definition) is 4. The normalized spacial score (nSPS) is 11.6. The van der Waals surface area contributed by atoms with Crippen molar-refractivity contribution in [3.8, 4) is 0 Å². The molecule has 0 radical (unpaired) electrons. The quantitative estimate of drug-likeness (QED) is 0.500. The van der Waals surface area contributed by atoms with Crippen LogP contribution < -0.4 is 4.72 Å². The fourth-order valence-electron chi connectivity index (χ4n) is 3.07. The largest absolute Gasteiger partial charge is 0.465 e. The zero-order valence-corrected chi connectivity index (χ0v) is 16.1. The summed E-state index contributed by atoms with van der Waals surface area (Å²) in [6, 6.07) is 14.5. The molecule has 3 aromatic rings. The standard InChI is InChI=1S/C20H22N2O4S/c1-15-14-17(20(23)26-2)8-9-19(15)27(24,25)21-11-5-12-22-13-10-16-6-3-4-7-18(16)22/h3-4,6-10,13-14,21H,5,11-12H2,1-2H3. The average molecular weight is 386 g/mol. The molecular formula is C20H22N2O4S. The van der Waals surface area contributed by atoms with E-state index in [4.69, 9.17) is 0 Å². The van der Waals surface area contributed by atoms with Gasteiger partial charge in [-0.2, -0.15) is 0 Å². The molecule has 0 aliphatic rings. The number of nitrogens with zero attached hydrogens (tertiary/aromatic N) is 1. The van der Waals surface area contributed by atoms with E-state index in [0.29, 0.717) is 24.1 Å². The summed E-state index contributed by atoms with van der Waals surface area (Å²) in [5.74, 6) is -0.492. The fourth-order valence-corrected chi connectivity index (χ4v) is 4.36. The van der Waals surface area contributed by atoms with Crippen molar-refractivity contribution in [3.05, 3.63) is 65.9 Å². The predicted octanol–water partition coefficient (Wildman–Crippen LogP) is 3.10. The van der Waals surface area contributed by atoms with Crippen LogP contribution in [0.4, 0.5) is 0 Å². The van der Waals surface area contributed by atoms with E-state index < -0.39 is 16.0 Å². The smallest absolute Gasteiger partial charge is 0.337 e. The van der Waals surface area contributed by atoms with E-state index in [1.54, 1.807) is 6.92 Å². The van der Waals surface area contributed by atoms with Crippen LogP contribution in [-0.4, -0.2) is 32.6 Å².